The first-order valence-electron chi connectivity index (χ1n) is 12.7. The number of benzene rings is 1. The van der Waals surface area contributed by atoms with Crippen molar-refractivity contribution in [1.82, 2.24) is 25.2 Å². The molecule has 3 aromatic rings. The number of aromatic nitrogens is 3. The van der Waals surface area contributed by atoms with Gasteiger partial charge in [-0.3, -0.25) is 9.69 Å². The van der Waals surface area contributed by atoms with Crippen molar-refractivity contribution in [3.8, 4) is 0 Å². The van der Waals surface area contributed by atoms with Gasteiger partial charge in [-0.15, -0.1) is 6.58 Å². The highest BCUT2D eigenvalue weighted by Gasteiger charge is 2.31. The molecule has 0 atom stereocenters. The van der Waals surface area contributed by atoms with Crippen LogP contribution in [0.2, 0.25) is 0 Å². The predicted molar refractivity (Wildman–Crippen MR) is 144 cm³/mol. The average molecular weight is 500 g/mol. The van der Waals surface area contributed by atoms with E-state index in [1.807, 2.05) is 6.07 Å². The molecule has 1 aliphatic heterocycles. The number of pyridine rings is 1. The van der Waals surface area contributed by atoms with Crippen LogP contribution in [-0.2, 0) is 18.6 Å². The van der Waals surface area contributed by atoms with Crippen LogP contribution < -0.4 is 16.0 Å². The van der Waals surface area contributed by atoms with E-state index in [-0.39, 0.29) is 11.5 Å². The van der Waals surface area contributed by atoms with Gasteiger partial charge < -0.3 is 21.1 Å². The number of aliphatic hydroxyl groups is 1. The molecular formula is C28H33N7O2. The number of hydrogen-bond acceptors (Lipinski definition) is 8. The van der Waals surface area contributed by atoms with Crippen LogP contribution in [-0.4, -0.2) is 50.0 Å². The van der Waals surface area contributed by atoms with E-state index in [0.717, 1.165) is 31.2 Å². The monoisotopic (exact) mass is 499 g/mol. The van der Waals surface area contributed by atoms with Crippen LogP contribution in [0.5, 0.6) is 0 Å². The first-order chi connectivity index (χ1) is 17.8. The minimum atomic E-state index is -1.11. The molecule has 5 rings (SSSR count). The Kier molecular flexibility index (Phi) is 6.90. The number of nitrogens with zero attached hydrogens (tertiary/aromatic N) is 4. The van der Waals surface area contributed by atoms with Crippen LogP contribution in [0.3, 0.4) is 0 Å². The predicted octanol–water partition coefficient (Wildman–Crippen LogP) is 4.02. The minimum Gasteiger partial charge on any atom is -0.384 e. The van der Waals surface area contributed by atoms with Gasteiger partial charge in [0, 0.05) is 37.6 Å². The van der Waals surface area contributed by atoms with E-state index in [1.165, 1.54) is 30.2 Å². The molecule has 1 aromatic carbocycles. The minimum absolute atomic E-state index is 0.272. The summed E-state index contributed by atoms with van der Waals surface area (Å²) < 4.78 is 0. The fourth-order valence-corrected chi connectivity index (χ4v) is 4.47. The Morgan fingerprint density at radius 1 is 1.19 bits per heavy atom. The average Bonchev–Trinajstić information content (AvgIpc) is 3.72. The lowest BCUT2D eigenvalue weighted by Gasteiger charge is -2.29. The van der Waals surface area contributed by atoms with Crippen molar-refractivity contribution in [1.29, 1.82) is 0 Å². The molecule has 37 heavy (non-hydrogen) atoms. The number of carbonyl (C=O) groups is 1. The van der Waals surface area contributed by atoms with Crippen LogP contribution in [0, 0.1) is 0 Å². The van der Waals surface area contributed by atoms with E-state index >= 15 is 0 Å². The van der Waals surface area contributed by atoms with E-state index in [9.17, 15) is 9.90 Å². The third kappa shape index (κ3) is 5.95. The molecule has 1 saturated carbocycles. The molecule has 0 spiro atoms. The van der Waals surface area contributed by atoms with E-state index in [2.05, 4.69) is 54.5 Å². The molecule has 9 heteroatoms. The van der Waals surface area contributed by atoms with Gasteiger partial charge in [-0.1, -0.05) is 18.2 Å². The summed E-state index contributed by atoms with van der Waals surface area (Å²) in [6.07, 6.45) is 6.77. The summed E-state index contributed by atoms with van der Waals surface area (Å²) in [6.45, 7) is 9.40. The third-order valence-electron chi connectivity index (χ3n) is 6.63. The van der Waals surface area contributed by atoms with Gasteiger partial charge in [0.05, 0.1) is 5.69 Å². The van der Waals surface area contributed by atoms with Gasteiger partial charge in [0.15, 0.2) is 0 Å². The van der Waals surface area contributed by atoms with Gasteiger partial charge in [0.25, 0.3) is 5.91 Å². The summed E-state index contributed by atoms with van der Waals surface area (Å²) in [5.74, 6) is 0.783. The first kappa shape index (κ1) is 24.9. The zero-order valence-electron chi connectivity index (χ0n) is 21.3. The zero-order chi connectivity index (χ0) is 26.0. The lowest BCUT2D eigenvalue weighted by molar-refractivity contribution is 0.0740. The molecule has 0 unspecified atom stereocenters. The van der Waals surface area contributed by atoms with E-state index in [0.29, 0.717) is 29.8 Å². The summed E-state index contributed by atoms with van der Waals surface area (Å²) in [6, 6.07) is 12.4. The maximum atomic E-state index is 12.8. The van der Waals surface area contributed by atoms with Crippen molar-refractivity contribution in [2.75, 3.05) is 23.7 Å². The maximum absolute atomic E-state index is 12.8. The number of anilines is 4. The van der Waals surface area contributed by atoms with Crippen LogP contribution >= 0.6 is 0 Å². The molecular weight excluding hydrogens is 466 g/mol. The van der Waals surface area contributed by atoms with Gasteiger partial charge in [-0.25, -0.2) is 9.97 Å². The van der Waals surface area contributed by atoms with Crippen LogP contribution in [0.25, 0.3) is 0 Å². The highest BCUT2D eigenvalue weighted by molar-refractivity contribution is 5.99. The van der Waals surface area contributed by atoms with Gasteiger partial charge >= 0.3 is 0 Å². The Labute approximate surface area is 217 Å². The highest BCUT2D eigenvalue weighted by atomic mass is 16.3. The van der Waals surface area contributed by atoms with Gasteiger partial charge in [-0.2, -0.15) is 4.98 Å². The van der Waals surface area contributed by atoms with E-state index < -0.39 is 5.60 Å². The number of rotatable bonds is 9. The second-order valence-electron chi connectivity index (χ2n) is 10.1. The lowest BCUT2D eigenvalue weighted by Crippen LogP contribution is -2.32. The largest absolute Gasteiger partial charge is 0.384 e. The van der Waals surface area contributed by atoms with Gasteiger partial charge in [0.1, 0.15) is 22.8 Å². The second kappa shape index (κ2) is 10.3. The molecule has 4 N–H and O–H groups in total. The number of amides is 1. The SMILES string of the molecule is C=CCNC(=O)c1cnc(Nc2ccc3c(c2)CN(C2CC2)CC3)nc1Nc1cccc(C(C)(C)O)n1. The fourth-order valence-electron chi connectivity index (χ4n) is 4.47. The molecule has 192 valence electrons. The lowest BCUT2D eigenvalue weighted by atomic mass is 9.99. The molecule has 2 aromatic heterocycles. The molecule has 3 heterocycles. The van der Waals surface area contributed by atoms with Crippen LogP contribution in [0.1, 0.15) is 53.9 Å². The molecule has 0 saturated heterocycles. The number of fused-ring (bicyclic) bond motifs is 1. The Balaban J connectivity index is 1.41. The Bertz CT molecular complexity index is 1310. The first-order valence-corrected chi connectivity index (χ1v) is 12.7. The van der Waals surface area contributed by atoms with Gasteiger partial charge in [-0.05, 0) is 68.5 Å². The second-order valence-corrected chi connectivity index (χ2v) is 10.1. The smallest absolute Gasteiger partial charge is 0.256 e. The summed E-state index contributed by atoms with van der Waals surface area (Å²) in [7, 11) is 0. The summed E-state index contributed by atoms with van der Waals surface area (Å²) in [4.78, 5) is 28.9. The molecule has 1 fully saturated rings. The molecule has 0 bridgehead atoms. The van der Waals surface area contributed by atoms with Crippen molar-refractivity contribution in [2.24, 2.45) is 0 Å². The number of nitrogens with one attached hydrogen (secondary N) is 3. The molecule has 1 amide bonds. The van der Waals surface area contributed by atoms with Crippen LogP contribution in [0.15, 0.2) is 55.3 Å². The Morgan fingerprint density at radius 2 is 2.03 bits per heavy atom. The van der Waals surface area contributed by atoms with Crippen molar-refractivity contribution in [3.05, 3.63) is 77.6 Å². The maximum Gasteiger partial charge on any atom is 0.256 e. The molecule has 9 nitrogen and oxygen atoms in total. The van der Waals surface area contributed by atoms with E-state index in [4.69, 9.17) is 0 Å². The number of carbonyl (C=O) groups excluding carboxylic acids is 1. The van der Waals surface area contributed by atoms with E-state index in [1.54, 1.807) is 38.1 Å². The standard InChI is InChI=1S/C28H33N7O2/c1-4-13-29-26(36)22-16-30-27(34-25(22)33-24-7-5-6-23(32-24)28(2,3)37)31-20-9-8-18-12-14-35(21-10-11-21)17-19(18)15-20/h4-9,15-16,21,37H,1,10-14,17H2,2-3H3,(H,29,36)(H2,30,31,32,33,34). The summed E-state index contributed by atoms with van der Waals surface area (Å²) in [5, 5.41) is 19.6. The topological polar surface area (TPSA) is 115 Å². The normalized spacial score (nSPS) is 15.5. The van der Waals surface area contributed by atoms with Crippen molar-refractivity contribution in [2.45, 2.75) is 51.3 Å². The summed E-state index contributed by atoms with van der Waals surface area (Å²) in [5.41, 5.74) is 3.27. The van der Waals surface area contributed by atoms with Crippen molar-refractivity contribution < 1.29 is 9.90 Å². The van der Waals surface area contributed by atoms with Gasteiger partial charge in [0.2, 0.25) is 5.95 Å². The number of hydrogen-bond donors (Lipinski definition) is 4. The molecule has 0 radical (unpaired) electrons. The van der Waals surface area contributed by atoms with Crippen molar-refractivity contribution >= 4 is 29.2 Å². The van der Waals surface area contributed by atoms with Crippen LogP contribution in [0.4, 0.5) is 23.3 Å². The quantitative estimate of drug-likeness (QED) is 0.326. The molecule has 2 aliphatic rings. The fraction of sp³-hybridized carbons (Fsp3) is 0.357. The van der Waals surface area contributed by atoms with Crippen molar-refractivity contribution in [3.63, 3.8) is 0 Å². The Hall–Kier alpha value is -3.82. The zero-order valence-corrected chi connectivity index (χ0v) is 21.3. The summed E-state index contributed by atoms with van der Waals surface area (Å²) >= 11 is 0. The Morgan fingerprint density at radius 3 is 2.78 bits per heavy atom. The third-order valence-corrected chi connectivity index (χ3v) is 6.63. The highest BCUT2D eigenvalue weighted by Crippen LogP contribution is 2.33. The molecule has 1 aliphatic carbocycles.